The summed E-state index contributed by atoms with van der Waals surface area (Å²) in [5, 5.41) is 10.6. The number of aryl methyl sites for hydroxylation is 2. The third-order valence-electron chi connectivity index (χ3n) is 4.77. The summed E-state index contributed by atoms with van der Waals surface area (Å²) in [6.45, 7) is 7.97. The van der Waals surface area contributed by atoms with E-state index in [0.29, 0.717) is 11.8 Å². The van der Waals surface area contributed by atoms with Crippen LogP contribution in [0.2, 0.25) is 0 Å². The predicted octanol–water partition coefficient (Wildman–Crippen LogP) is 3.98. The van der Waals surface area contributed by atoms with Crippen LogP contribution >= 0.6 is 0 Å². The quantitative estimate of drug-likeness (QED) is 0.558. The maximum absolute atomic E-state index is 13.7. The van der Waals surface area contributed by atoms with E-state index in [-0.39, 0.29) is 23.9 Å². The van der Waals surface area contributed by atoms with Crippen LogP contribution in [0.4, 0.5) is 13.2 Å². The number of nitrogens with zero attached hydrogens (tertiary/aromatic N) is 4. The van der Waals surface area contributed by atoms with Crippen molar-refractivity contribution in [2.45, 2.75) is 71.4 Å². The van der Waals surface area contributed by atoms with Crippen LogP contribution in [0.3, 0.4) is 0 Å². The number of benzene rings is 1. The number of hydrogen-bond acceptors (Lipinski definition) is 4. The van der Waals surface area contributed by atoms with Crippen LogP contribution in [-0.4, -0.2) is 33.4 Å². The molecule has 0 fully saturated rings. The summed E-state index contributed by atoms with van der Waals surface area (Å²) >= 11 is 0. The van der Waals surface area contributed by atoms with Gasteiger partial charge >= 0.3 is 6.18 Å². The molecule has 31 heavy (non-hydrogen) atoms. The summed E-state index contributed by atoms with van der Waals surface area (Å²) in [4.78, 5) is 8.63. The number of guanidine groups is 1. The zero-order valence-electron chi connectivity index (χ0n) is 18.5. The van der Waals surface area contributed by atoms with E-state index in [2.05, 4.69) is 25.7 Å². The van der Waals surface area contributed by atoms with Crippen molar-refractivity contribution in [1.29, 1.82) is 0 Å². The largest absolute Gasteiger partial charge is 0.488 e. The van der Waals surface area contributed by atoms with Gasteiger partial charge in [-0.3, -0.25) is 4.99 Å². The van der Waals surface area contributed by atoms with Gasteiger partial charge in [-0.25, -0.2) is 9.67 Å². The summed E-state index contributed by atoms with van der Waals surface area (Å²) in [5.74, 6) is 2.09. The average Bonchev–Trinajstić information content (AvgIpc) is 3.04. The lowest BCUT2D eigenvalue weighted by molar-refractivity contribution is -0.138. The molecular formula is C21H29F3N6O. The van der Waals surface area contributed by atoms with Crippen molar-refractivity contribution in [1.82, 2.24) is 25.4 Å². The fraction of sp³-hybridized carbons (Fsp3) is 0.571. The van der Waals surface area contributed by atoms with Crippen LogP contribution < -0.4 is 15.4 Å². The highest BCUT2D eigenvalue weighted by molar-refractivity contribution is 5.80. The molecule has 10 heteroatoms. The number of aliphatic imine (C=N–C) groups is 1. The molecule has 1 aromatic heterocycles. The minimum atomic E-state index is -4.50. The lowest BCUT2D eigenvalue weighted by atomic mass is 10.1. The molecule has 7 nitrogen and oxygen atoms in total. The van der Waals surface area contributed by atoms with E-state index in [1.807, 2.05) is 11.6 Å². The number of nitrogens with one attached hydrogen (secondary N) is 2. The zero-order chi connectivity index (χ0) is 22.8. The highest BCUT2D eigenvalue weighted by Crippen LogP contribution is 2.35. The Balaban J connectivity index is 1.73. The van der Waals surface area contributed by atoms with Crippen LogP contribution in [0.25, 0.3) is 0 Å². The molecule has 2 N–H and O–H groups in total. The normalized spacial score (nSPS) is 17.3. The van der Waals surface area contributed by atoms with Gasteiger partial charge in [-0.05, 0) is 58.2 Å². The third-order valence-corrected chi connectivity index (χ3v) is 4.77. The minimum Gasteiger partial charge on any atom is -0.488 e. The van der Waals surface area contributed by atoms with Gasteiger partial charge in [-0.1, -0.05) is 6.07 Å². The molecule has 0 saturated heterocycles. The number of hydrogen-bond donors (Lipinski definition) is 2. The van der Waals surface area contributed by atoms with Crippen LogP contribution in [0, 0.1) is 6.92 Å². The van der Waals surface area contributed by atoms with E-state index in [9.17, 15) is 13.2 Å². The van der Waals surface area contributed by atoms with E-state index in [1.54, 1.807) is 33.9 Å². The number of aromatic nitrogens is 3. The minimum absolute atomic E-state index is 0.0389. The second kappa shape index (κ2) is 8.76. The number of rotatable bonds is 4. The van der Waals surface area contributed by atoms with E-state index < -0.39 is 17.3 Å². The topological polar surface area (TPSA) is 76.4 Å². The Bertz CT molecular complexity index is 946. The summed E-state index contributed by atoms with van der Waals surface area (Å²) in [5.41, 5.74) is -1.21. The van der Waals surface area contributed by atoms with E-state index in [0.717, 1.165) is 31.3 Å². The number of ether oxygens (including phenoxy) is 1. The van der Waals surface area contributed by atoms with Gasteiger partial charge in [0, 0.05) is 20.1 Å². The average molecular weight is 438 g/mol. The third kappa shape index (κ3) is 5.89. The Morgan fingerprint density at radius 3 is 2.68 bits per heavy atom. The number of fused-ring (bicyclic) bond motifs is 1. The lowest BCUT2D eigenvalue weighted by Gasteiger charge is -2.25. The Kier molecular flexibility index (Phi) is 6.47. The van der Waals surface area contributed by atoms with Gasteiger partial charge in [-0.15, -0.1) is 0 Å². The Labute approximate surface area is 180 Å². The summed E-state index contributed by atoms with van der Waals surface area (Å²) in [6.07, 6.45) is -2.73. The molecule has 1 unspecified atom stereocenters. The molecule has 1 aromatic carbocycles. The molecule has 0 aliphatic carbocycles. The van der Waals surface area contributed by atoms with Crippen molar-refractivity contribution in [3.63, 3.8) is 0 Å². The maximum Gasteiger partial charge on any atom is 0.416 e. The molecule has 0 radical (unpaired) electrons. The molecule has 1 aliphatic rings. The highest BCUT2D eigenvalue weighted by Gasteiger charge is 2.34. The first-order valence-corrected chi connectivity index (χ1v) is 10.2. The van der Waals surface area contributed by atoms with Crippen molar-refractivity contribution >= 4 is 5.96 Å². The molecule has 2 heterocycles. The van der Waals surface area contributed by atoms with Crippen LogP contribution in [0.15, 0.2) is 23.2 Å². The van der Waals surface area contributed by atoms with Gasteiger partial charge in [0.1, 0.15) is 23.0 Å². The first-order chi connectivity index (χ1) is 14.5. The van der Waals surface area contributed by atoms with Gasteiger partial charge in [0.15, 0.2) is 5.96 Å². The standard InChI is InChI=1S/C21H29F3N6O/c1-13-27-18-17(7-6-10-30(18)29-13)28-19(25-5)26-12-14-8-9-15(31-20(2,3)4)11-16(14)21(22,23)24/h8-9,11,17H,6-7,10,12H2,1-5H3,(H2,25,26,28). The van der Waals surface area contributed by atoms with E-state index in [1.165, 1.54) is 6.07 Å². The smallest absolute Gasteiger partial charge is 0.416 e. The van der Waals surface area contributed by atoms with Crippen molar-refractivity contribution in [3.8, 4) is 5.75 Å². The Hall–Kier alpha value is -2.78. The van der Waals surface area contributed by atoms with Crippen molar-refractivity contribution < 1.29 is 17.9 Å². The van der Waals surface area contributed by atoms with E-state index >= 15 is 0 Å². The molecule has 2 aromatic rings. The van der Waals surface area contributed by atoms with Gasteiger partial charge < -0.3 is 15.4 Å². The second-order valence-corrected chi connectivity index (χ2v) is 8.54. The van der Waals surface area contributed by atoms with Gasteiger partial charge in [-0.2, -0.15) is 18.3 Å². The lowest BCUT2D eigenvalue weighted by Crippen LogP contribution is -2.41. The molecule has 0 spiro atoms. The number of halogens is 3. The first-order valence-electron chi connectivity index (χ1n) is 10.2. The first kappa shape index (κ1) is 22.9. The molecule has 1 aliphatic heterocycles. The molecule has 3 rings (SSSR count). The zero-order valence-corrected chi connectivity index (χ0v) is 18.5. The fourth-order valence-electron chi connectivity index (χ4n) is 3.53. The van der Waals surface area contributed by atoms with Crippen molar-refractivity contribution in [3.05, 3.63) is 41.0 Å². The van der Waals surface area contributed by atoms with E-state index in [4.69, 9.17) is 4.74 Å². The second-order valence-electron chi connectivity index (χ2n) is 8.54. The molecule has 1 atom stereocenters. The van der Waals surface area contributed by atoms with Crippen LogP contribution in [0.5, 0.6) is 5.75 Å². The Morgan fingerprint density at radius 1 is 1.29 bits per heavy atom. The van der Waals surface area contributed by atoms with Gasteiger partial charge in [0.25, 0.3) is 0 Å². The highest BCUT2D eigenvalue weighted by atomic mass is 19.4. The maximum atomic E-state index is 13.7. The molecular weight excluding hydrogens is 409 g/mol. The summed E-state index contributed by atoms with van der Waals surface area (Å²) in [7, 11) is 1.58. The molecule has 170 valence electrons. The molecule has 0 bridgehead atoms. The van der Waals surface area contributed by atoms with Crippen LogP contribution in [-0.2, 0) is 19.3 Å². The summed E-state index contributed by atoms with van der Waals surface area (Å²) in [6, 6.07) is 3.93. The fourth-order valence-corrected chi connectivity index (χ4v) is 3.53. The SMILES string of the molecule is CN=C(NCc1ccc(OC(C)(C)C)cc1C(F)(F)F)NC1CCCn2nc(C)nc21. The van der Waals surface area contributed by atoms with Crippen LogP contribution in [0.1, 0.15) is 62.4 Å². The molecule has 0 amide bonds. The van der Waals surface area contributed by atoms with Gasteiger partial charge in [0.05, 0.1) is 11.6 Å². The van der Waals surface area contributed by atoms with Crippen molar-refractivity contribution in [2.75, 3.05) is 7.05 Å². The molecule has 0 saturated carbocycles. The van der Waals surface area contributed by atoms with Crippen molar-refractivity contribution in [2.24, 2.45) is 4.99 Å². The Morgan fingerprint density at radius 2 is 2.03 bits per heavy atom. The number of alkyl halides is 3. The summed E-state index contributed by atoms with van der Waals surface area (Å²) < 4.78 is 48.4. The monoisotopic (exact) mass is 438 g/mol. The predicted molar refractivity (Wildman–Crippen MR) is 112 cm³/mol. The van der Waals surface area contributed by atoms with Gasteiger partial charge in [0.2, 0.25) is 0 Å².